The predicted octanol–water partition coefficient (Wildman–Crippen LogP) is 2.50. The number of nitrogens with zero attached hydrogens (tertiary/aromatic N) is 1. The topological polar surface area (TPSA) is 69.6 Å². The molecule has 0 aromatic heterocycles. The Hall–Kier alpha value is -1.94. The van der Waals surface area contributed by atoms with E-state index in [2.05, 4.69) is 5.32 Å². The minimum Gasteiger partial charge on any atom is -0.364 e. The lowest BCUT2D eigenvalue weighted by atomic mass is 9.95. The normalized spacial score (nSPS) is 25.2. The minimum absolute atomic E-state index is 0.0833. The van der Waals surface area contributed by atoms with Crippen molar-refractivity contribution in [3.63, 3.8) is 0 Å². The van der Waals surface area contributed by atoms with Gasteiger partial charge in [0.1, 0.15) is 0 Å². The molecule has 1 saturated heterocycles. The Morgan fingerprint density at radius 1 is 0.920 bits per heavy atom. The third-order valence-electron chi connectivity index (χ3n) is 4.03. The summed E-state index contributed by atoms with van der Waals surface area (Å²) in [5.41, 5.74) is -4.61. The van der Waals surface area contributed by atoms with Gasteiger partial charge in [-0.1, -0.05) is 60.7 Å². The SMILES string of the molecule is O=S(=O)(N1C(O)NC(c2ccccc2)C1c1ccccc1)C(F)(F)F. The Morgan fingerprint density at radius 3 is 1.88 bits per heavy atom. The number of hydrogen-bond acceptors (Lipinski definition) is 4. The number of rotatable bonds is 3. The molecule has 1 heterocycles. The quantitative estimate of drug-likeness (QED) is 0.869. The van der Waals surface area contributed by atoms with Gasteiger partial charge in [-0.25, -0.2) is 8.42 Å². The molecule has 0 saturated carbocycles. The number of sulfonamides is 1. The maximum absolute atomic E-state index is 13.1. The molecule has 0 amide bonds. The summed E-state index contributed by atoms with van der Waals surface area (Å²) in [7, 11) is -5.74. The maximum Gasteiger partial charge on any atom is 0.511 e. The van der Waals surface area contributed by atoms with Gasteiger partial charge < -0.3 is 5.11 Å². The Morgan fingerprint density at radius 2 is 1.40 bits per heavy atom. The van der Waals surface area contributed by atoms with Gasteiger partial charge in [-0.3, -0.25) is 5.32 Å². The number of aliphatic hydroxyl groups excluding tert-OH is 1. The van der Waals surface area contributed by atoms with Gasteiger partial charge in [-0.05, 0) is 11.1 Å². The van der Waals surface area contributed by atoms with Crippen LogP contribution < -0.4 is 5.32 Å². The van der Waals surface area contributed by atoms with Crippen LogP contribution in [0.3, 0.4) is 0 Å². The lowest BCUT2D eigenvalue weighted by Gasteiger charge is -2.28. The van der Waals surface area contributed by atoms with Crippen LogP contribution in [0.5, 0.6) is 0 Å². The first-order valence-electron chi connectivity index (χ1n) is 7.37. The summed E-state index contributed by atoms with van der Waals surface area (Å²) in [6.07, 6.45) is -2.00. The maximum atomic E-state index is 13.1. The Bertz CT molecular complexity index is 829. The van der Waals surface area contributed by atoms with Crippen LogP contribution in [0.25, 0.3) is 0 Å². The highest BCUT2D eigenvalue weighted by molar-refractivity contribution is 7.90. The molecular formula is C16H15F3N2O3S. The second kappa shape index (κ2) is 6.41. The second-order valence-electron chi connectivity index (χ2n) is 5.56. The van der Waals surface area contributed by atoms with Crippen molar-refractivity contribution in [1.82, 2.24) is 9.62 Å². The Labute approximate surface area is 142 Å². The number of halogens is 3. The molecule has 0 aliphatic carbocycles. The molecule has 3 unspecified atom stereocenters. The summed E-state index contributed by atoms with van der Waals surface area (Å²) in [4.78, 5) is 0. The van der Waals surface area contributed by atoms with E-state index in [1.165, 1.54) is 12.1 Å². The van der Waals surface area contributed by atoms with Gasteiger partial charge in [0, 0.05) is 0 Å². The van der Waals surface area contributed by atoms with Crippen molar-refractivity contribution in [2.45, 2.75) is 23.9 Å². The highest BCUT2D eigenvalue weighted by atomic mass is 32.2. The molecule has 0 bridgehead atoms. The first-order chi connectivity index (χ1) is 11.7. The summed E-state index contributed by atoms with van der Waals surface area (Å²) in [6.45, 7) is 0. The van der Waals surface area contributed by atoms with Crippen LogP contribution in [-0.4, -0.2) is 29.7 Å². The van der Waals surface area contributed by atoms with Crippen molar-refractivity contribution < 1.29 is 26.7 Å². The van der Waals surface area contributed by atoms with Crippen LogP contribution in [0.2, 0.25) is 0 Å². The fourth-order valence-electron chi connectivity index (χ4n) is 2.95. The average Bonchev–Trinajstić information content (AvgIpc) is 2.93. The molecule has 25 heavy (non-hydrogen) atoms. The van der Waals surface area contributed by atoms with E-state index >= 15 is 0 Å². The zero-order valence-electron chi connectivity index (χ0n) is 12.8. The van der Waals surface area contributed by atoms with E-state index in [9.17, 15) is 26.7 Å². The van der Waals surface area contributed by atoms with Gasteiger partial charge in [0.2, 0.25) is 0 Å². The fraction of sp³-hybridized carbons (Fsp3) is 0.250. The van der Waals surface area contributed by atoms with E-state index in [0.717, 1.165) is 0 Å². The lowest BCUT2D eigenvalue weighted by molar-refractivity contribution is -0.0566. The Balaban J connectivity index is 2.14. The first-order valence-corrected chi connectivity index (χ1v) is 8.81. The number of hydrogen-bond donors (Lipinski definition) is 2. The van der Waals surface area contributed by atoms with E-state index < -0.39 is 34.0 Å². The first kappa shape index (κ1) is 17.9. The standard InChI is InChI=1S/C16H15F3N2O3S/c17-16(18,19)25(23,24)21-14(12-9-5-2-6-10-12)13(20-15(21)22)11-7-3-1-4-8-11/h1-10,13-15,20,22H. The van der Waals surface area contributed by atoms with Crippen LogP contribution in [0.4, 0.5) is 13.2 Å². The van der Waals surface area contributed by atoms with Crippen molar-refractivity contribution >= 4 is 10.0 Å². The zero-order chi connectivity index (χ0) is 18.2. The van der Waals surface area contributed by atoms with Crippen molar-refractivity contribution in [2.75, 3.05) is 0 Å². The molecule has 9 heteroatoms. The molecule has 1 aliphatic heterocycles. The van der Waals surface area contributed by atoms with E-state index in [1.807, 2.05) is 0 Å². The van der Waals surface area contributed by atoms with E-state index in [0.29, 0.717) is 11.1 Å². The zero-order valence-corrected chi connectivity index (χ0v) is 13.6. The average molecular weight is 372 g/mol. The molecule has 1 aliphatic rings. The van der Waals surface area contributed by atoms with Gasteiger partial charge in [-0.15, -0.1) is 4.31 Å². The molecule has 2 aromatic carbocycles. The molecule has 5 nitrogen and oxygen atoms in total. The minimum atomic E-state index is -5.74. The van der Waals surface area contributed by atoms with Crippen LogP contribution in [0, 0.1) is 0 Å². The van der Waals surface area contributed by atoms with Gasteiger partial charge in [-0.2, -0.15) is 13.2 Å². The summed E-state index contributed by atoms with van der Waals surface area (Å²) < 4.78 is 63.5. The van der Waals surface area contributed by atoms with Crippen molar-refractivity contribution in [2.24, 2.45) is 0 Å². The van der Waals surface area contributed by atoms with Crippen LogP contribution >= 0.6 is 0 Å². The molecule has 3 atom stereocenters. The second-order valence-corrected chi connectivity index (χ2v) is 7.40. The molecule has 0 radical (unpaired) electrons. The number of aliphatic hydroxyl groups is 1. The Kier molecular flexibility index (Phi) is 4.58. The van der Waals surface area contributed by atoms with E-state index in [1.54, 1.807) is 48.5 Å². The summed E-state index contributed by atoms with van der Waals surface area (Å²) in [5.74, 6) is 0. The summed E-state index contributed by atoms with van der Waals surface area (Å²) in [6, 6.07) is 14.3. The van der Waals surface area contributed by atoms with Crippen molar-refractivity contribution in [3.05, 3.63) is 71.8 Å². The molecule has 2 aromatic rings. The number of benzene rings is 2. The van der Waals surface area contributed by atoms with Gasteiger partial charge in [0.25, 0.3) is 0 Å². The van der Waals surface area contributed by atoms with Crippen molar-refractivity contribution in [3.8, 4) is 0 Å². The van der Waals surface area contributed by atoms with Gasteiger partial charge in [0.05, 0.1) is 12.1 Å². The van der Waals surface area contributed by atoms with E-state index in [4.69, 9.17) is 0 Å². The third kappa shape index (κ3) is 3.15. The predicted molar refractivity (Wildman–Crippen MR) is 84.3 cm³/mol. The van der Waals surface area contributed by atoms with Crippen LogP contribution in [0.15, 0.2) is 60.7 Å². The molecular weight excluding hydrogens is 357 g/mol. The summed E-state index contributed by atoms with van der Waals surface area (Å²) >= 11 is 0. The molecule has 0 spiro atoms. The molecule has 3 rings (SSSR count). The highest BCUT2D eigenvalue weighted by Gasteiger charge is 2.58. The lowest BCUT2D eigenvalue weighted by Crippen LogP contribution is -2.46. The van der Waals surface area contributed by atoms with Gasteiger partial charge >= 0.3 is 15.5 Å². The highest BCUT2D eigenvalue weighted by Crippen LogP contribution is 2.44. The van der Waals surface area contributed by atoms with E-state index in [-0.39, 0.29) is 4.31 Å². The third-order valence-corrected chi connectivity index (χ3v) is 5.60. The molecule has 2 N–H and O–H groups in total. The van der Waals surface area contributed by atoms with Crippen LogP contribution in [0.1, 0.15) is 23.2 Å². The molecule has 1 fully saturated rings. The van der Waals surface area contributed by atoms with Gasteiger partial charge in [0.15, 0.2) is 6.35 Å². The largest absolute Gasteiger partial charge is 0.511 e. The monoisotopic (exact) mass is 372 g/mol. The summed E-state index contributed by atoms with van der Waals surface area (Å²) in [5, 5.41) is 12.6. The van der Waals surface area contributed by atoms with Crippen molar-refractivity contribution in [1.29, 1.82) is 0 Å². The van der Waals surface area contributed by atoms with Crippen LogP contribution in [-0.2, 0) is 10.0 Å². The number of alkyl halides is 3. The molecule has 134 valence electrons. The smallest absolute Gasteiger partial charge is 0.364 e. The fourth-order valence-corrected chi connectivity index (χ4v) is 4.06. The number of nitrogens with one attached hydrogen (secondary N) is 1.